The molecule has 0 saturated heterocycles. The van der Waals surface area contributed by atoms with Gasteiger partial charge in [-0.05, 0) is 49.1 Å². The van der Waals surface area contributed by atoms with E-state index in [0.717, 1.165) is 34.5 Å². The predicted octanol–water partition coefficient (Wildman–Crippen LogP) is 4.50. The molecule has 2 aromatic carbocycles. The van der Waals surface area contributed by atoms with E-state index < -0.39 is 0 Å². The number of aromatic amines is 1. The molecule has 1 heterocycles. The van der Waals surface area contributed by atoms with Crippen molar-refractivity contribution in [3.05, 3.63) is 48.0 Å². The van der Waals surface area contributed by atoms with Crippen LogP contribution in [0.1, 0.15) is 49.9 Å². The third kappa shape index (κ3) is 4.31. The number of hydrogen-bond donors (Lipinski definition) is 3. The Morgan fingerprint density at radius 3 is 2.55 bits per heavy atom. The van der Waals surface area contributed by atoms with Gasteiger partial charge in [0.1, 0.15) is 5.82 Å². The van der Waals surface area contributed by atoms with Crippen LogP contribution in [0.2, 0.25) is 0 Å². The first-order valence-corrected chi connectivity index (χ1v) is 10.2. The van der Waals surface area contributed by atoms with E-state index in [1.54, 1.807) is 0 Å². The van der Waals surface area contributed by atoms with Crippen LogP contribution in [-0.4, -0.2) is 27.8 Å². The molecule has 3 N–H and O–H groups in total. The van der Waals surface area contributed by atoms with Gasteiger partial charge in [0.05, 0.1) is 11.0 Å². The molecule has 1 aromatic heterocycles. The summed E-state index contributed by atoms with van der Waals surface area (Å²) < 4.78 is 0. The van der Waals surface area contributed by atoms with Crippen molar-refractivity contribution >= 4 is 28.5 Å². The topological polar surface area (TPSA) is 86.9 Å². The molecular weight excluding hydrogens is 364 g/mol. The van der Waals surface area contributed by atoms with E-state index in [1.807, 2.05) is 42.5 Å². The van der Waals surface area contributed by atoms with Crippen molar-refractivity contribution in [3.8, 4) is 11.4 Å². The maximum absolute atomic E-state index is 12.6. The second-order valence-electron chi connectivity index (χ2n) is 7.92. The van der Waals surface area contributed by atoms with Crippen LogP contribution in [0.3, 0.4) is 0 Å². The third-order valence-electron chi connectivity index (χ3n) is 5.65. The molecule has 0 spiro atoms. The number of nitrogens with zero attached hydrogens (tertiary/aromatic N) is 1. The number of imidazole rings is 1. The predicted molar refractivity (Wildman–Crippen MR) is 115 cm³/mol. The van der Waals surface area contributed by atoms with Gasteiger partial charge in [0.15, 0.2) is 0 Å². The number of amides is 2. The largest absolute Gasteiger partial charge is 0.349 e. The number of carbonyl (C=O) groups is 2. The van der Waals surface area contributed by atoms with Gasteiger partial charge >= 0.3 is 0 Å². The van der Waals surface area contributed by atoms with Gasteiger partial charge in [-0.1, -0.05) is 31.9 Å². The van der Waals surface area contributed by atoms with Gasteiger partial charge < -0.3 is 15.6 Å². The number of anilines is 1. The summed E-state index contributed by atoms with van der Waals surface area (Å²) in [6, 6.07) is 13.3. The Labute approximate surface area is 170 Å². The number of aromatic nitrogens is 2. The molecule has 29 heavy (non-hydrogen) atoms. The second-order valence-corrected chi connectivity index (χ2v) is 7.92. The average Bonchev–Trinajstić information content (AvgIpc) is 3.13. The van der Waals surface area contributed by atoms with Crippen molar-refractivity contribution in [2.75, 3.05) is 5.32 Å². The van der Waals surface area contributed by atoms with Gasteiger partial charge in [-0.2, -0.15) is 0 Å². The number of H-pyrrole nitrogens is 1. The first-order valence-electron chi connectivity index (χ1n) is 10.2. The summed E-state index contributed by atoms with van der Waals surface area (Å²) >= 11 is 0. The van der Waals surface area contributed by atoms with Crippen LogP contribution in [0.5, 0.6) is 0 Å². The molecule has 6 nitrogen and oxygen atoms in total. The van der Waals surface area contributed by atoms with Crippen molar-refractivity contribution in [3.63, 3.8) is 0 Å². The molecule has 2 amide bonds. The zero-order chi connectivity index (χ0) is 20.4. The van der Waals surface area contributed by atoms with Gasteiger partial charge in [0, 0.05) is 29.8 Å². The van der Waals surface area contributed by atoms with E-state index in [1.165, 1.54) is 26.2 Å². The Morgan fingerprint density at radius 2 is 1.83 bits per heavy atom. The highest BCUT2D eigenvalue weighted by Crippen LogP contribution is 2.25. The standard InChI is InChI=1S/C23H26N4O2/c1-14-5-3-4-6-19(14)27-23(29)17-9-7-16(8-10-17)22-25-20-12-11-18(24-15(2)28)13-21(20)26-22/h7-14,19H,3-6H2,1-2H3,(H,24,28)(H,25,26)(H,27,29). The highest BCUT2D eigenvalue weighted by atomic mass is 16.2. The molecule has 4 rings (SSSR count). The van der Waals surface area contributed by atoms with Gasteiger partial charge in [-0.25, -0.2) is 4.98 Å². The van der Waals surface area contributed by atoms with Gasteiger partial charge in [-0.3, -0.25) is 9.59 Å². The van der Waals surface area contributed by atoms with Crippen molar-refractivity contribution < 1.29 is 9.59 Å². The van der Waals surface area contributed by atoms with Crippen molar-refractivity contribution in [1.82, 2.24) is 15.3 Å². The molecule has 3 aromatic rings. The van der Waals surface area contributed by atoms with Crippen LogP contribution >= 0.6 is 0 Å². The highest BCUT2D eigenvalue weighted by molar-refractivity contribution is 5.95. The van der Waals surface area contributed by atoms with Crippen LogP contribution in [0.15, 0.2) is 42.5 Å². The fraction of sp³-hybridized carbons (Fsp3) is 0.348. The number of nitrogens with one attached hydrogen (secondary N) is 3. The quantitative estimate of drug-likeness (QED) is 0.613. The molecule has 150 valence electrons. The van der Waals surface area contributed by atoms with Crippen molar-refractivity contribution in [2.45, 2.75) is 45.6 Å². The van der Waals surface area contributed by atoms with Crippen LogP contribution in [0, 0.1) is 5.92 Å². The maximum Gasteiger partial charge on any atom is 0.251 e. The fourth-order valence-corrected chi connectivity index (χ4v) is 3.99. The van der Waals surface area contributed by atoms with Gasteiger partial charge in [0.25, 0.3) is 5.91 Å². The van der Waals surface area contributed by atoms with E-state index in [-0.39, 0.29) is 17.9 Å². The van der Waals surface area contributed by atoms with Crippen LogP contribution in [0.25, 0.3) is 22.4 Å². The molecule has 6 heteroatoms. The van der Waals surface area contributed by atoms with E-state index in [2.05, 4.69) is 27.5 Å². The van der Waals surface area contributed by atoms with E-state index >= 15 is 0 Å². The number of benzene rings is 2. The Morgan fingerprint density at radius 1 is 1.07 bits per heavy atom. The Hall–Kier alpha value is -3.15. The zero-order valence-corrected chi connectivity index (χ0v) is 16.8. The molecule has 1 aliphatic carbocycles. The minimum atomic E-state index is -0.111. The molecular formula is C23H26N4O2. The van der Waals surface area contributed by atoms with Crippen LogP contribution < -0.4 is 10.6 Å². The lowest BCUT2D eigenvalue weighted by Crippen LogP contribution is -2.41. The first kappa shape index (κ1) is 19.2. The molecule has 1 fully saturated rings. The lowest BCUT2D eigenvalue weighted by molar-refractivity contribution is -0.114. The van der Waals surface area contributed by atoms with Gasteiger partial charge in [-0.15, -0.1) is 0 Å². The summed E-state index contributed by atoms with van der Waals surface area (Å²) in [6.07, 6.45) is 4.68. The Kier molecular flexibility index (Phi) is 5.34. The van der Waals surface area contributed by atoms with Gasteiger partial charge in [0.2, 0.25) is 5.91 Å². The van der Waals surface area contributed by atoms with Crippen molar-refractivity contribution in [2.24, 2.45) is 5.92 Å². The smallest absolute Gasteiger partial charge is 0.251 e. The number of rotatable bonds is 4. The van der Waals surface area contributed by atoms with E-state index in [0.29, 0.717) is 11.5 Å². The van der Waals surface area contributed by atoms with Crippen LogP contribution in [0.4, 0.5) is 5.69 Å². The number of hydrogen-bond acceptors (Lipinski definition) is 3. The Balaban J connectivity index is 1.49. The zero-order valence-electron chi connectivity index (χ0n) is 16.8. The van der Waals surface area contributed by atoms with E-state index in [9.17, 15) is 9.59 Å². The summed E-state index contributed by atoms with van der Waals surface area (Å²) in [6.45, 7) is 3.70. The summed E-state index contributed by atoms with van der Waals surface area (Å²) in [5, 5.41) is 5.96. The number of fused-ring (bicyclic) bond motifs is 1. The first-order chi connectivity index (χ1) is 14.0. The summed E-state index contributed by atoms with van der Waals surface area (Å²) in [5.41, 5.74) is 3.96. The molecule has 2 atom stereocenters. The molecule has 2 unspecified atom stereocenters. The SMILES string of the molecule is CC(=O)Nc1ccc2nc(-c3ccc(C(=O)NC4CCCCC4C)cc3)[nH]c2c1. The second kappa shape index (κ2) is 8.07. The Bertz CT molecular complexity index is 1040. The monoisotopic (exact) mass is 390 g/mol. The maximum atomic E-state index is 12.6. The molecule has 0 aliphatic heterocycles. The minimum absolute atomic E-state index is 0.0140. The fourth-order valence-electron chi connectivity index (χ4n) is 3.99. The van der Waals surface area contributed by atoms with Crippen molar-refractivity contribution in [1.29, 1.82) is 0 Å². The molecule has 1 aliphatic rings. The number of carbonyl (C=O) groups excluding carboxylic acids is 2. The average molecular weight is 390 g/mol. The lowest BCUT2D eigenvalue weighted by Gasteiger charge is -2.29. The third-order valence-corrected chi connectivity index (χ3v) is 5.65. The summed E-state index contributed by atoms with van der Waals surface area (Å²) in [7, 11) is 0. The molecule has 0 radical (unpaired) electrons. The van der Waals surface area contributed by atoms with E-state index in [4.69, 9.17) is 0 Å². The van der Waals surface area contributed by atoms with Crippen LogP contribution in [-0.2, 0) is 4.79 Å². The summed E-state index contributed by atoms with van der Waals surface area (Å²) in [5.74, 6) is 1.14. The lowest BCUT2D eigenvalue weighted by atomic mass is 9.86. The summed E-state index contributed by atoms with van der Waals surface area (Å²) in [4.78, 5) is 31.7. The minimum Gasteiger partial charge on any atom is -0.349 e. The normalized spacial score (nSPS) is 19.1. The molecule has 0 bridgehead atoms. The molecule has 1 saturated carbocycles. The highest BCUT2D eigenvalue weighted by Gasteiger charge is 2.23.